The van der Waals surface area contributed by atoms with Crippen molar-refractivity contribution in [3.63, 3.8) is 0 Å². The summed E-state index contributed by atoms with van der Waals surface area (Å²) in [6, 6.07) is 3.01. The van der Waals surface area contributed by atoms with Gasteiger partial charge in [0.15, 0.2) is 0 Å². The van der Waals surface area contributed by atoms with Crippen LogP contribution in [0.4, 0.5) is 5.82 Å². The number of hydrogen-bond donors (Lipinski definition) is 2. The molecule has 2 N–H and O–H groups in total. The van der Waals surface area contributed by atoms with Gasteiger partial charge in [0.2, 0.25) is 0 Å². The van der Waals surface area contributed by atoms with Crippen LogP contribution in [0.3, 0.4) is 0 Å². The van der Waals surface area contributed by atoms with Gasteiger partial charge >= 0.3 is 5.97 Å². The Bertz CT molecular complexity index is 423. The molecule has 1 atom stereocenters. The monoisotopic (exact) mass is 223 g/mol. The number of H-pyrrole nitrogens is 1. The predicted molar refractivity (Wildman–Crippen MR) is 57.4 cm³/mol. The number of aromatic nitrogens is 2. The lowest BCUT2D eigenvalue weighted by Crippen LogP contribution is -2.39. The van der Waals surface area contributed by atoms with Crippen LogP contribution in [0.25, 0.3) is 0 Å². The number of nitrogens with zero attached hydrogens (tertiary/aromatic N) is 2. The van der Waals surface area contributed by atoms with Crippen LogP contribution in [0.15, 0.2) is 16.9 Å². The van der Waals surface area contributed by atoms with Gasteiger partial charge in [-0.1, -0.05) is 0 Å². The maximum Gasteiger partial charge on any atom is 0.308 e. The quantitative estimate of drug-likeness (QED) is 0.741. The molecule has 1 aliphatic rings. The summed E-state index contributed by atoms with van der Waals surface area (Å²) in [6.07, 6.45) is 1.53. The lowest BCUT2D eigenvalue weighted by atomic mass is 9.98. The molecule has 0 radical (unpaired) electrons. The van der Waals surface area contributed by atoms with E-state index in [1.807, 2.05) is 4.90 Å². The summed E-state index contributed by atoms with van der Waals surface area (Å²) in [5.41, 5.74) is -0.254. The first-order chi connectivity index (χ1) is 7.66. The number of carboxylic acids is 1. The van der Waals surface area contributed by atoms with Gasteiger partial charge in [0, 0.05) is 19.2 Å². The molecular weight excluding hydrogens is 210 g/mol. The number of carbonyl (C=O) groups is 1. The number of aliphatic carboxylic acids is 1. The third-order valence-corrected chi connectivity index (χ3v) is 2.76. The van der Waals surface area contributed by atoms with Gasteiger partial charge in [-0.25, -0.2) is 5.10 Å². The highest BCUT2D eigenvalue weighted by molar-refractivity contribution is 5.71. The Labute approximate surface area is 91.9 Å². The summed E-state index contributed by atoms with van der Waals surface area (Å²) in [5.74, 6) is -0.484. The summed E-state index contributed by atoms with van der Waals surface area (Å²) in [4.78, 5) is 23.6. The Kier molecular flexibility index (Phi) is 2.89. The molecule has 1 aliphatic heterocycles. The number of piperidine rings is 1. The number of nitrogens with one attached hydrogen (secondary N) is 1. The Morgan fingerprint density at radius 1 is 1.56 bits per heavy atom. The van der Waals surface area contributed by atoms with Crippen molar-refractivity contribution in [2.75, 3.05) is 18.0 Å². The minimum atomic E-state index is -0.769. The maximum atomic E-state index is 10.9. The van der Waals surface area contributed by atoms with E-state index in [2.05, 4.69) is 10.2 Å². The third kappa shape index (κ3) is 2.21. The second-order valence-corrected chi connectivity index (χ2v) is 3.90. The molecule has 1 fully saturated rings. The lowest BCUT2D eigenvalue weighted by molar-refractivity contribution is -0.141. The van der Waals surface area contributed by atoms with E-state index >= 15 is 0 Å². The predicted octanol–water partition coefficient (Wildman–Crippen LogP) is 0.0709. The first kappa shape index (κ1) is 10.7. The van der Waals surface area contributed by atoms with E-state index in [0.717, 1.165) is 13.0 Å². The van der Waals surface area contributed by atoms with Gasteiger partial charge in [-0.2, -0.15) is 5.10 Å². The smallest absolute Gasteiger partial charge is 0.308 e. The average Bonchev–Trinajstić information content (AvgIpc) is 2.30. The highest BCUT2D eigenvalue weighted by Gasteiger charge is 2.25. The number of aromatic amines is 1. The molecule has 16 heavy (non-hydrogen) atoms. The number of hydrogen-bond acceptors (Lipinski definition) is 4. The van der Waals surface area contributed by atoms with Gasteiger partial charge in [0.05, 0.1) is 5.92 Å². The van der Waals surface area contributed by atoms with E-state index in [1.54, 1.807) is 6.07 Å². The standard InChI is InChI=1S/C10H13N3O3/c14-9-4-3-8(11-12-9)13-5-1-2-7(6-13)10(15)16/h3-4,7H,1-2,5-6H2,(H,12,14)(H,15,16). The highest BCUT2D eigenvalue weighted by atomic mass is 16.4. The van der Waals surface area contributed by atoms with Crippen LogP contribution in [-0.2, 0) is 4.79 Å². The van der Waals surface area contributed by atoms with Gasteiger partial charge in [-0.15, -0.1) is 0 Å². The molecule has 6 heteroatoms. The fourth-order valence-electron chi connectivity index (χ4n) is 1.90. The molecule has 2 heterocycles. The van der Waals surface area contributed by atoms with Crippen LogP contribution in [-0.4, -0.2) is 34.4 Å². The Morgan fingerprint density at radius 3 is 3.00 bits per heavy atom. The summed E-state index contributed by atoms with van der Waals surface area (Å²) in [7, 11) is 0. The molecule has 1 unspecified atom stereocenters. The van der Waals surface area contributed by atoms with Gasteiger partial charge in [-0.3, -0.25) is 9.59 Å². The van der Waals surface area contributed by atoms with Crippen molar-refractivity contribution in [1.29, 1.82) is 0 Å². The summed E-state index contributed by atoms with van der Waals surface area (Å²) >= 11 is 0. The SMILES string of the molecule is O=C(O)C1CCCN(c2ccc(=O)[nH]n2)C1. The average molecular weight is 223 g/mol. The van der Waals surface area contributed by atoms with Crippen molar-refractivity contribution < 1.29 is 9.90 Å². The molecule has 1 aromatic heterocycles. The molecule has 1 saturated heterocycles. The zero-order valence-electron chi connectivity index (χ0n) is 8.72. The second-order valence-electron chi connectivity index (χ2n) is 3.90. The fourth-order valence-corrected chi connectivity index (χ4v) is 1.90. The van der Waals surface area contributed by atoms with Gasteiger partial charge in [-0.05, 0) is 18.9 Å². The largest absolute Gasteiger partial charge is 0.481 e. The van der Waals surface area contributed by atoms with Gasteiger partial charge < -0.3 is 10.0 Å². The summed E-state index contributed by atoms with van der Waals surface area (Å²) in [5, 5.41) is 15.2. The Hall–Kier alpha value is -1.85. The second kappa shape index (κ2) is 4.34. The molecule has 0 aromatic carbocycles. The van der Waals surface area contributed by atoms with Gasteiger partial charge in [0.1, 0.15) is 5.82 Å². The van der Waals surface area contributed by atoms with Crippen LogP contribution >= 0.6 is 0 Å². The number of rotatable bonds is 2. The van der Waals surface area contributed by atoms with E-state index in [0.29, 0.717) is 18.8 Å². The van der Waals surface area contributed by atoms with Crippen LogP contribution in [0.2, 0.25) is 0 Å². The maximum absolute atomic E-state index is 10.9. The number of anilines is 1. The van der Waals surface area contributed by atoms with E-state index in [4.69, 9.17) is 5.11 Å². The molecule has 0 aliphatic carbocycles. The molecule has 1 aromatic rings. The highest BCUT2D eigenvalue weighted by Crippen LogP contribution is 2.20. The van der Waals surface area contributed by atoms with E-state index in [9.17, 15) is 9.59 Å². The first-order valence-electron chi connectivity index (χ1n) is 5.20. The first-order valence-corrected chi connectivity index (χ1v) is 5.20. The van der Waals surface area contributed by atoms with Crippen molar-refractivity contribution in [3.05, 3.63) is 22.5 Å². The van der Waals surface area contributed by atoms with E-state index in [-0.39, 0.29) is 11.5 Å². The molecule has 86 valence electrons. The zero-order valence-corrected chi connectivity index (χ0v) is 8.72. The minimum absolute atomic E-state index is 0.254. The third-order valence-electron chi connectivity index (χ3n) is 2.76. The fraction of sp³-hybridized carbons (Fsp3) is 0.500. The van der Waals surface area contributed by atoms with Crippen molar-refractivity contribution in [2.45, 2.75) is 12.8 Å². The molecule has 6 nitrogen and oxygen atoms in total. The molecule has 0 spiro atoms. The van der Waals surface area contributed by atoms with E-state index in [1.165, 1.54) is 6.07 Å². The minimum Gasteiger partial charge on any atom is -0.481 e. The molecule has 0 amide bonds. The normalized spacial score (nSPS) is 20.8. The van der Waals surface area contributed by atoms with Crippen LogP contribution < -0.4 is 10.5 Å². The van der Waals surface area contributed by atoms with Crippen molar-refractivity contribution in [1.82, 2.24) is 10.2 Å². The van der Waals surface area contributed by atoms with Crippen LogP contribution in [0.5, 0.6) is 0 Å². The van der Waals surface area contributed by atoms with Crippen molar-refractivity contribution in [2.24, 2.45) is 5.92 Å². The van der Waals surface area contributed by atoms with Crippen molar-refractivity contribution in [3.8, 4) is 0 Å². The topological polar surface area (TPSA) is 86.3 Å². The Morgan fingerprint density at radius 2 is 2.38 bits per heavy atom. The van der Waals surface area contributed by atoms with E-state index < -0.39 is 5.97 Å². The molecule has 0 bridgehead atoms. The van der Waals surface area contributed by atoms with Crippen LogP contribution in [0.1, 0.15) is 12.8 Å². The zero-order chi connectivity index (χ0) is 11.5. The summed E-state index contributed by atoms with van der Waals surface area (Å²) < 4.78 is 0. The molecule has 0 saturated carbocycles. The molecular formula is C10H13N3O3. The lowest BCUT2D eigenvalue weighted by Gasteiger charge is -2.31. The summed E-state index contributed by atoms with van der Waals surface area (Å²) in [6.45, 7) is 1.23. The number of carboxylic acid groups (broad SMARTS) is 1. The van der Waals surface area contributed by atoms with Gasteiger partial charge in [0.25, 0.3) is 5.56 Å². The Balaban J connectivity index is 2.12. The van der Waals surface area contributed by atoms with Crippen LogP contribution in [0, 0.1) is 5.92 Å². The molecule has 2 rings (SSSR count). The van der Waals surface area contributed by atoms with Crippen molar-refractivity contribution >= 4 is 11.8 Å².